The third kappa shape index (κ3) is 3.54. The maximum atomic E-state index is 5.75. The van der Waals surface area contributed by atoms with Crippen LogP contribution in [0, 0.1) is 0 Å². The van der Waals surface area contributed by atoms with E-state index in [0.717, 1.165) is 34.1 Å². The second kappa shape index (κ2) is 7.29. The summed E-state index contributed by atoms with van der Waals surface area (Å²) in [6.07, 6.45) is 6.85. The number of rotatable bonds is 5. The molecule has 0 aliphatic carbocycles. The van der Waals surface area contributed by atoms with E-state index in [1.807, 2.05) is 38.0 Å². The van der Waals surface area contributed by atoms with Crippen LogP contribution in [0.15, 0.2) is 36.8 Å². The smallest absolute Gasteiger partial charge is 0.0955 e. The van der Waals surface area contributed by atoms with E-state index in [0.29, 0.717) is 6.54 Å². The van der Waals surface area contributed by atoms with Crippen LogP contribution in [0.2, 0.25) is 0 Å². The summed E-state index contributed by atoms with van der Waals surface area (Å²) in [5.41, 5.74) is 10.3. The number of nitrogens with two attached hydrogens (primary N) is 1. The van der Waals surface area contributed by atoms with Gasteiger partial charge in [0.05, 0.1) is 17.0 Å². The third-order valence-corrected chi connectivity index (χ3v) is 4.14. The summed E-state index contributed by atoms with van der Waals surface area (Å²) < 4.78 is 2.01. The summed E-state index contributed by atoms with van der Waals surface area (Å²) in [5.74, 6) is 0. The van der Waals surface area contributed by atoms with Gasteiger partial charge in [-0.15, -0.1) is 0 Å². The monoisotopic (exact) mass is 310 g/mol. The molecule has 2 aromatic rings. The predicted octanol–water partition coefficient (Wildman–Crippen LogP) is 1.67. The lowest BCUT2D eigenvalue weighted by atomic mass is 10.1. The summed E-state index contributed by atoms with van der Waals surface area (Å²) in [4.78, 5) is 6.50. The highest BCUT2D eigenvalue weighted by Gasteiger charge is 2.09. The molecular weight excluding hydrogens is 284 g/mol. The molecule has 4 nitrogen and oxygen atoms in total. The molecule has 0 aliphatic heterocycles. The number of nitrogens with zero attached hydrogens (tertiary/aromatic N) is 3. The Balaban J connectivity index is 2.43. The van der Waals surface area contributed by atoms with E-state index in [9.17, 15) is 0 Å². The van der Waals surface area contributed by atoms with Crippen molar-refractivity contribution in [3.05, 3.63) is 58.6 Å². The van der Waals surface area contributed by atoms with E-state index < -0.39 is 0 Å². The first-order valence-corrected chi connectivity index (χ1v) is 7.91. The zero-order valence-corrected chi connectivity index (χ0v) is 14.5. The number of benzene rings is 1. The first-order valence-electron chi connectivity index (χ1n) is 7.91. The quantitative estimate of drug-likeness (QED) is 0.914. The molecule has 23 heavy (non-hydrogen) atoms. The molecule has 0 atom stereocenters. The van der Waals surface area contributed by atoms with Crippen LogP contribution in [0.4, 0.5) is 5.69 Å². The fourth-order valence-corrected chi connectivity index (χ4v) is 2.64. The first-order chi connectivity index (χ1) is 11.0. The van der Waals surface area contributed by atoms with E-state index in [1.165, 1.54) is 5.56 Å². The molecule has 2 N–H and O–H groups in total. The first kappa shape index (κ1) is 17.0. The van der Waals surface area contributed by atoms with E-state index >= 15 is 0 Å². The SMILES string of the molecule is C=C(C=c1c(=CC)ncn1C)N(C)c1ccc(CN)cc1CC. The molecule has 1 aromatic heterocycles. The number of allylic oxidation sites excluding steroid dienone is 1. The van der Waals surface area contributed by atoms with Crippen molar-refractivity contribution in [1.29, 1.82) is 0 Å². The van der Waals surface area contributed by atoms with E-state index in [4.69, 9.17) is 5.73 Å². The van der Waals surface area contributed by atoms with Crippen LogP contribution in [0.25, 0.3) is 12.2 Å². The van der Waals surface area contributed by atoms with Gasteiger partial charge in [-0.2, -0.15) is 0 Å². The molecule has 0 saturated carbocycles. The summed E-state index contributed by atoms with van der Waals surface area (Å²) in [6.45, 7) is 8.95. The maximum Gasteiger partial charge on any atom is 0.0955 e. The van der Waals surface area contributed by atoms with Crippen LogP contribution in [-0.4, -0.2) is 16.6 Å². The second-order valence-electron chi connectivity index (χ2n) is 5.63. The van der Waals surface area contributed by atoms with Crippen molar-refractivity contribution in [3.8, 4) is 0 Å². The number of hydrogen-bond acceptors (Lipinski definition) is 3. The lowest BCUT2D eigenvalue weighted by Crippen LogP contribution is -2.30. The molecule has 0 radical (unpaired) electrons. The molecule has 0 amide bonds. The Kier molecular flexibility index (Phi) is 5.40. The van der Waals surface area contributed by atoms with Crippen LogP contribution in [-0.2, 0) is 20.0 Å². The van der Waals surface area contributed by atoms with Crippen molar-refractivity contribution in [3.63, 3.8) is 0 Å². The number of aromatic nitrogens is 2. The van der Waals surface area contributed by atoms with Crippen LogP contribution in [0.1, 0.15) is 25.0 Å². The fourth-order valence-electron chi connectivity index (χ4n) is 2.64. The summed E-state index contributed by atoms with van der Waals surface area (Å²) in [7, 11) is 4.04. The van der Waals surface area contributed by atoms with E-state index in [2.05, 4.69) is 47.7 Å². The van der Waals surface area contributed by atoms with Crippen LogP contribution < -0.4 is 21.3 Å². The van der Waals surface area contributed by atoms with Gasteiger partial charge in [-0.3, -0.25) is 0 Å². The third-order valence-electron chi connectivity index (χ3n) is 4.14. The van der Waals surface area contributed by atoms with Crippen molar-refractivity contribution in [1.82, 2.24) is 9.55 Å². The molecule has 1 heterocycles. The minimum atomic E-state index is 0.564. The van der Waals surface area contributed by atoms with Gasteiger partial charge < -0.3 is 15.2 Å². The molecule has 0 aliphatic rings. The molecular formula is C19H26N4. The zero-order chi connectivity index (χ0) is 17.0. The number of anilines is 1. The molecule has 1 aromatic carbocycles. The minimum absolute atomic E-state index is 0.564. The number of aryl methyl sites for hydroxylation is 2. The van der Waals surface area contributed by atoms with Gasteiger partial charge in [-0.1, -0.05) is 31.7 Å². The van der Waals surface area contributed by atoms with Gasteiger partial charge >= 0.3 is 0 Å². The van der Waals surface area contributed by atoms with Gasteiger partial charge in [0, 0.05) is 32.0 Å². The molecule has 4 heteroatoms. The fraction of sp³-hybridized carbons (Fsp3) is 0.316. The van der Waals surface area contributed by atoms with Crippen molar-refractivity contribution < 1.29 is 0 Å². The zero-order valence-electron chi connectivity index (χ0n) is 14.5. The van der Waals surface area contributed by atoms with Gasteiger partial charge in [0.15, 0.2) is 0 Å². The van der Waals surface area contributed by atoms with Gasteiger partial charge in [0.25, 0.3) is 0 Å². The summed E-state index contributed by atoms with van der Waals surface area (Å²) >= 11 is 0. The van der Waals surface area contributed by atoms with Crippen LogP contribution in [0.3, 0.4) is 0 Å². The van der Waals surface area contributed by atoms with Crippen LogP contribution >= 0.6 is 0 Å². The Hall–Kier alpha value is -2.33. The highest BCUT2D eigenvalue weighted by Crippen LogP contribution is 2.24. The Labute approximate surface area is 138 Å². The molecule has 0 unspecified atom stereocenters. The Morgan fingerprint density at radius 2 is 2.17 bits per heavy atom. The molecule has 0 bridgehead atoms. The number of imidazole rings is 1. The summed E-state index contributed by atoms with van der Waals surface area (Å²) in [6, 6.07) is 6.37. The Morgan fingerprint density at radius 3 is 2.78 bits per heavy atom. The van der Waals surface area contributed by atoms with Gasteiger partial charge in [0.1, 0.15) is 0 Å². The largest absolute Gasteiger partial charge is 0.345 e. The molecule has 0 fully saturated rings. The molecule has 122 valence electrons. The highest BCUT2D eigenvalue weighted by molar-refractivity contribution is 5.64. The highest BCUT2D eigenvalue weighted by atomic mass is 15.1. The van der Waals surface area contributed by atoms with Crippen molar-refractivity contribution in [2.45, 2.75) is 26.8 Å². The standard InChI is InChI=1S/C19H26N4/c1-6-16-11-15(12-20)8-9-18(16)23(5)14(3)10-19-17(7-2)21-13-22(19)4/h7-11,13H,3,6,12,20H2,1-2,4-5H3. The van der Waals surface area contributed by atoms with Crippen LogP contribution in [0.5, 0.6) is 0 Å². The van der Waals surface area contributed by atoms with E-state index in [1.54, 1.807) is 0 Å². The predicted molar refractivity (Wildman–Crippen MR) is 98.3 cm³/mol. The molecule has 2 rings (SSSR count). The lowest BCUT2D eigenvalue weighted by Gasteiger charge is -2.23. The number of hydrogen-bond donors (Lipinski definition) is 1. The topological polar surface area (TPSA) is 47.1 Å². The minimum Gasteiger partial charge on any atom is -0.345 e. The maximum absolute atomic E-state index is 5.75. The normalized spacial score (nSPS) is 12.7. The van der Waals surface area contributed by atoms with Gasteiger partial charge in [0.2, 0.25) is 0 Å². The average Bonchev–Trinajstić information content (AvgIpc) is 2.93. The van der Waals surface area contributed by atoms with Gasteiger partial charge in [-0.25, -0.2) is 4.98 Å². The van der Waals surface area contributed by atoms with Crippen molar-refractivity contribution in [2.24, 2.45) is 12.8 Å². The van der Waals surface area contributed by atoms with E-state index in [-0.39, 0.29) is 0 Å². The Bertz CT molecular complexity index is 814. The van der Waals surface area contributed by atoms with Crippen molar-refractivity contribution in [2.75, 3.05) is 11.9 Å². The molecule has 0 spiro atoms. The van der Waals surface area contributed by atoms with Crippen molar-refractivity contribution >= 4 is 17.8 Å². The second-order valence-corrected chi connectivity index (χ2v) is 5.63. The Morgan fingerprint density at radius 1 is 1.43 bits per heavy atom. The summed E-state index contributed by atoms with van der Waals surface area (Å²) in [5, 5.41) is 2.03. The molecule has 0 saturated heterocycles. The van der Waals surface area contributed by atoms with Gasteiger partial charge in [-0.05, 0) is 36.6 Å². The lowest BCUT2D eigenvalue weighted by molar-refractivity contribution is 0.879. The average molecular weight is 310 g/mol.